The monoisotopic (exact) mass is 423 g/mol. The fourth-order valence-electron chi connectivity index (χ4n) is 4.35. The van der Waals surface area contributed by atoms with Crippen molar-refractivity contribution >= 4 is 16.6 Å². The Morgan fingerprint density at radius 3 is 2.81 bits per heavy atom. The molecule has 31 heavy (non-hydrogen) atoms. The Balaban J connectivity index is 1.20. The first kappa shape index (κ1) is 20.0. The molecule has 1 aromatic heterocycles. The number of β-amino-alcohol motifs (C(OH)–C–C–N with tert-alkyl or cyclic N) is 1. The number of nitrogen functional groups attached to an aromatic ring is 1. The van der Waals surface area contributed by atoms with Gasteiger partial charge in [-0.1, -0.05) is 0 Å². The highest BCUT2D eigenvalue weighted by atomic mass is 19.1. The lowest BCUT2D eigenvalue weighted by Gasteiger charge is -2.15. The molecule has 0 bridgehead atoms. The highest BCUT2D eigenvalue weighted by molar-refractivity contribution is 5.86. The van der Waals surface area contributed by atoms with Gasteiger partial charge in [-0.05, 0) is 49.6 Å². The number of halogens is 1. The van der Waals surface area contributed by atoms with Gasteiger partial charge in [0.1, 0.15) is 11.5 Å². The summed E-state index contributed by atoms with van der Waals surface area (Å²) in [5.74, 6) is 0.850. The number of hydrogen-bond acceptors (Lipinski definition) is 6. The Morgan fingerprint density at radius 2 is 2.03 bits per heavy atom. The first-order valence-corrected chi connectivity index (χ1v) is 10.7. The summed E-state index contributed by atoms with van der Waals surface area (Å²) >= 11 is 0. The van der Waals surface area contributed by atoms with Crippen LogP contribution in [0.25, 0.3) is 10.9 Å². The summed E-state index contributed by atoms with van der Waals surface area (Å²) in [4.78, 5) is 6.73. The number of benzene rings is 2. The Bertz CT molecular complexity index is 1100. The standard InChI is InChI=1S/C24H26FN3O3/c25-19-12-16(26)2-5-22(19)31-21-6-9-27-20-13-17(3-4-18(20)21)30-11-1-10-28-14-23(29)24(15-28)7-8-24/h2-6,9,12-13,23,29H,1,7-8,10-11,14-15,26H2. The van der Waals surface area contributed by atoms with Gasteiger partial charge in [0.15, 0.2) is 11.6 Å². The molecule has 1 unspecified atom stereocenters. The third kappa shape index (κ3) is 4.16. The molecule has 1 spiro atoms. The van der Waals surface area contributed by atoms with Gasteiger partial charge in [-0.25, -0.2) is 4.39 Å². The van der Waals surface area contributed by atoms with E-state index in [1.54, 1.807) is 18.3 Å². The molecule has 2 aliphatic rings. The van der Waals surface area contributed by atoms with Gasteiger partial charge in [0.2, 0.25) is 0 Å². The zero-order chi connectivity index (χ0) is 21.4. The van der Waals surface area contributed by atoms with E-state index < -0.39 is 5.82 Å². The summed E-state index contributed by atoms with van der Waals surface area (Å²) in [6.07, 6.45) is 4.67. The summed E-state index contributed by atoms with van der Waals surface area (Å²) in [5, 5.41) is 10.9. The van der Waals surface area contributed by atoms with E-state index in [0.29, 0.717) is 23.6 Å². The van der Waals surface area contributed by atoms with E-state index in [1.807, 2.05) is 18.2 Å². The maximum Gasteiger partial charge on any atom is 0.167 e. The van der Waals surface area contributed by atoms with E-state index >= 15 is 0 Å². The zero-order valence-corrected chi connectivity index (χ0v) is 17.3. The molecule has 1 aliphatic heterocycles. The van der Waals surface area contributed by atoms with Crippen molar-refractivity contribution in [2.75, 3.05) is 32.0 Å². The van der Waals surface area contributed by atoms with Gasteiger partial charge in [-0.15, -0.1) is 0 Å². The molecule has 1 saturated heterocycles. The second kappa shape index (κ2) is 7.98. The maximum absolute atomic E-state index is 14.1. The zero-order valence-electron chi connectivity index (χ0n) is 17.3. The van der Waals surface area contributed by atoms with Crippen LogP contribution in [-0.4, -0.2) is 47.3 Å². The van der Waals surface area contributed by atoms with Gasteiger partial charge < -0.3 is 20.3 Å². The van der Waals surface area contributed by atoms with Crippen molar-refractivity contribution in [3.8, 4) is 17.2 Å². The Hall–Kier alpha value is -2.90. The van der Waals surface area contributed by atoms with Gasteiger partial charge in [0, 0.05) is 54.5 Å². The van der Waals surface area contributed by atoms with Gasteiger partial charge in [-0.3, -0.25) is 9.88 Å². The molecular formula is C24H26FN3O3. The molecule has 1 saturated carbocycles. The lowest BCUT2D eigenvalue weighted by Crippen LogP contribution is -2.24. The van der Waals surface area contributed by atoms with Crippen LogP contribution in [0.2, 0.25) is 0 Å². The Morgan fingerprint density at radius 1 is 1.16 bits per heavy atom. The second-order valence-electron chi connectivity index (χ2n) is 8.60. The van der Waals surface area contributed by atoms with Crippen molar-refractivity contribution in [1.29, 1.82) is 0 Å². The van der Waals surface area contributed by atoms with E-state index in [4.69, 9.17) is 15.2 Å². The van der Waals surface area contributed by atoms with Gasteiger partial charge in [0.05, 0.1) is 18.2 Å². The summed E-state index contributed by atoms with van der Waals surface area (Å²) in [7, 11) is 0. The molecule has 1 atom stereocenters. The third-order valence-electron chi connectivity index (χ3n) is 6.31. The number of nitrogens with two attached hydrogens (primary N) is 1. The Labute approximate surface area is 180 Å². The number of aliphatic hydroxyl groups excluding tert-OH is 1. The molecule has 0 radical (unpaired) electrons. The second-order valence-corrected chi connectivity index (χ2v) is 8.60. The number of nitrogens with zero attached hydrogens (tertiary/aromatic N) is 2. The van der Waals surface area contributed by atoms with Crippen LogP contribution in [0.3, 0.4) is 0 Å². The van der Waals surface area contributed by atoms with Gasteiger partial charge in [0.25, 0.3) is 0 Å². The number of aliphatic hydroxyl groups is 1. The number of rotatable bonds is 7. The quantitative estimate of drug-likeness (QED) is 0.442. The average molecular weight is 423 g/mol. The summed E-state index contributed by atoms with van der Waals surface area (Å²) < 4.78 is 25.8. The number of likely N-dealkylation sites (tertiary alicyclic amines) is 1. The van der Waals surface area contributed by atoms with Gasteiger partial charge in [-0.2, -0.15) is 0 Å². The number of pyridine rings is 1. The van der Waals surface area contributed by atoms with Crippen LogP contribution in [0, 0.1) is 11.2 Å². The molecular weight excluding hydrogens is 397 g/mol. The molecule has 2 fully saturated rings. The van der Waals surface area contributed by atoms with Crippen LogP contribution >= 0.6 is 0 Å². The van der Waals surface area contributed by atoms with Gasteiger partial charge >= 0.3 is 0 Å². The number of fused-ring (bicyclic) bond motifs is 1. The van der Waals surface area contributed by atoms with Crippen molar-refractivity contribution in [2.45, 2.75) is 25.4 Å². The normalized spacial score (nSPS) is 19.7. The molecule has 7 heteroatoms. The Kier molecular flexibility index (Phi) is 5.16. The van der Waals surface area contributed by atoms with E-state index in [-0.39, 0.29) is 17.3 Å². The first-order chi connectivity index (χ1) is 15.0. The van der Waals surface area contributed by atoms with Crippen molar-refractivity contribution in [3.05, 3.63) is 54.5 Å². The van der Waals surface area contributed by atoms with Crippen LogP contribution in [0.15, 0.2) is 48.7 Å². The first-order valence-electron chi connectivity index (χ1n) is 10.7. The third-order valence-corrected chi connectivity index (χ3v) is 6.31. The van der Waals surface area contributed by atoms with Crippen molar-refractivity contribution in [3.63, 3.8) is 0 Å². The molecule has 162 valence electrons. The minimum Gasteiger partial charge on any atom is -0.493 e. The number of hydrogen-bond donors (Lipinski definition) is 2. The lowest BCUT2D eigenvalue weighted by atomic mass is 10.0. The molecule has 3 aromatic rings. The van der Waals surface area contributed by atoms with Crippen molar-refractivity contribution < 1.29 is 19.0 Å². The molecule has 6 nitrogen and oxygen atoms in total. The summed E-state index contributed by atoms with van der Waals surface area (Å²) in [6, 6.07) is 11.7. The summed E-state index contributed by atoms with van der Waals surface area (Å²) in [5.41, 5.74) is 6.85. The minimum atomic E-state index is -0.511. The van der Waals surface area contributed by atoms with Crippen LogP contribution < -0.4 is 15.2 Å². The van der Waals surface area contributed by atoms with Crippen molar-refractivity contribution in [2.24, 2.45) is 5.41 Å². The fraction of sp³-hybridized carbons (Fsp3) is 0.375. The van der Waals surface area contributed by atoms with Crippen LogP contribution in [-0.2, 0) is 0 Å². The van der Waals surface area contributed by atoms with E-state index in [1.165, 1.54) is 12.1 Å². The fourth-order valence-corrected chi connectivity index (χ4v) is 4.35. The number of aromatic nitrogens is 1. The average Bonchev–Trinajstić information content (AvgIpc) is 3.46. The SMILES string of the molecule is Nc1ccc(Oc2ccnc3cc(OCCCN4CC(O)C5(CC5)C4)ccc23)c(F)c1. The van der Waals surface area contributed by atoms with E-state index in [9.17, 15) is 9.50 Å². The minimum absolute atomic E-state index is 0.113. The molecule has 5 rings (SSSR count). The van der Waals surface area contributed by atoms with Crippen LogP contribution in [0.4, 0.5) is 10.1 Å². The molecule has 0 amide bonds. The predicted octanol–water partition coefficient (Wildman–Crippen LogP) is 3.97. The highest BCUT2D eigenvalue weighted by Gasteiger charge is 2.54. The van der Waals surface area contributed by atoms with Crippen molar-refractivity contribution in [1.82, 2.24) is 9.88 Å². The summed E-state index contributed by atoms with van der Waals surface area (Å²) in [6.45, 7) is 3.30. The molecule has 3 N–H and O–H groups in total. The number of ether oxygens (including phenoxy) is 2. The van der Waals surface area contributed by atoms with Crippen LogP contribution in [0.1, 0.15) is 19.3 Å². The van der Waals surface area contributed by atoms with E-state index in [2.05, 4.69) is 9.88 Å². The van der Waals surface area contributed by atoms with E-state index in [0.717, 1.165) is 50.0 Å². The molecule has 2 heterocycles. The van der Waals surface area contributed by atoms with Crippen LogP contribution in [0.5, 0.6) is 17.2 Å². The topological polar surface area (TPSA) is 80.8 Å². The predicted molar refractivity (Wildman–Crippen MR) is 117 cm³/mol. The molecule has 1 aliphatic carbocycles. The maximum atomic E-state index is 14.1. The largest absolute Gasteiger partial charge is 0.493 e. The molecule has 2 aromatic carbocycles. The number of anilines is 1. The smallest absolute Gasteiger partial charge is 0.167 e. The highest BCUT2D eigenvalue weighted by Crippen LogP contribution is 2.52. The lowest BCUT2D eigenvalue weighted by molar-refractivity contribution is 0.131.